The Kier molecular flexibility index (Phi) is 2.96. The van der Waals surface area contributed by atoms with Crippen molar-refractivity contribution in [3.8, 4) is 0 Å². The number of ketones is 1. The van der Waals surface area contributed by atoms with Gasteiger partial charge in [0.15, 0.2) is 5.78 Å². The maximum atomic E-state index is 12.0. The van der Waals surface area contributed by atoms with Crippen LogP contribution in [0, 0.1) is 0 Å². The van der Waals surface area contributed by atoms with E-state index >= 15 is 0 Å². The van der Waals surface area contributed by atoms with Gasteiger partial charge in [-0.25, -0.2) is 0 Å². The topological polar surface area (TPSA) is 37.4 Å². The summed E-state index contributed by atoms with van der Waals surface area (Å²) in [5.74, 6) is -0.233. The largest absolute Gasteiger partial charge is 0.307 e. The van der Waals surface area contributed by atoms with Crippen LogP contribution in [0.1, 0.15) is 10.4 Å². The molecule has 1 aromatic carbocycles. The summed E-state index contributed by atoms with van der Waals surface area (Å²) in [4.78, 5) is 24.7. The Bertz CT molecular complexity index is 460. The summed E-state index contributed by atoms with van der Waals surface area (Å²) in [7, 11) is 0. The van der Waals surface area contributed by atoms with E-state index in [2.05, 4.69) is 0 Å². The molecule has 0 aromatic heterocycles. The number of amides is 1. The van der Waals surface area contributed by atoms with Gasteiger partial charge < -0.3 is 4.90 Å². The molecule has 0 atom stereocenters. The van der Waals surface area contributed by atoms with Gasteiger partial charge >= 0.3 is 0 Å². The zero-order valence-electron chi connectivity index (χ0n) is 8.67. The van der Waals surface area contributed by atoms with Crippen LogP contribution in [-0.4, -0.2) is 23.1 Å². The maximum Gasteiger partial charge on any atom is 0.258 e. The minimum Gasteiger partial charge on any atom is -0.307 e. The lowest BCUT2D eigenvalue weighted by Gasteiger charge is -2.15. The zero-order chi connectivity index (χ0) is 11.4. The Balaban J connectivity index is 2.20. The monoisotopic (exact) mass is 213 g/mol. The highest BCUT2D eigenvalue weighted by molar-refractivity contribution is 6.00. The van der Waals surface area contributed by atoms with Crippen molar-refractivity contribution in [3.05, 3.63) is 60.3 Å². The number of benzene rings is 1. The first kappa shape index (κ1) is 10.4. The number of allylic oxidation sites excluding steroid dienone is 2. The Morgan fingerprint density at radius 2 is 1.88 bits per heavy atom. The lowest BCUT2D eigenvalue weighted by Crippen LogP contribution is -2.29. The summed E-state index contributed by atoms with van der Waals surface area (Å²) in [6.45, 7) is 0.0979. The Morgan fingerprint density at radius 3 is 2.62 bits per heavy atom. The van der Waals surface area contributed by atoms with Crippen LogP contribution in [0.3, 0.4) is 0 Å². The van der Waals surface area contributed by atoms with Crippen LogP contribution in [0.4, 0.5) is 0 Å². The van der Waals surface area contributed by atoms with E-state index < -0.39 is 0 Å². The van der Waals surface area contributed by atoms with Crippen LogP contribution in [0.15, 0.2) is 54.8 Å². The first-order valence-corrected chi connectivity index (χ1v) is 5.01. The summed E-state index contributed by atoms with van der Waals surface area (Å²) in [6, 6.07) is 8.92. The molecule has 2 rings (SSSR count). The molecule has 1 aliphatic heterocycles. The molecule has 0 fully saturated rings. The summed E-state index contributed by atoms with van der Waals surface area (Å²) >= 11 is 0. The quantitative estimate of drug-likeness (QED) is 0.713. The smallest absolute Gasteiger partial charge is 0.258 e. The van der Waals surface area contributed by atoms with Crippen molar-refractivity contribution in [1.82, 2.24) is 4.90 Å². The first-order valence-electron chi connectivity index (χ1n) is 5.01. The van der Waals surface area contributed by atoms with Crippen molar-refractivity contribution in [2.24, 2.45) is 0 Å². The number of nitrogens with zero attached hydrogens (tertiary/aromatic N) is 1. The number of carbonyl (C=O) groups excluding carboxylic acids is 2. The second-order valence-electron chi connectivity index (χ2n) is 3.47. The fourth-order valence-corrected chi connectivity index (χ4v) is 1.48. The molecule has 0 aliphatic carbocycles. The standard InChI is InChI=1S/C13H11NO2/c15-12-8-4-5-9-14(10-12)13(16)11-6-2-1-3-7-11/h1-9H,10H2. The van der Waals surface area contributed by atoms with Gasteiger partial charge in [0.05, 0.1) is 6.54 Å². The van der Waals surface area contributed by atoms with E-state index in [0.29, 0.717) is 5.56 Å². The highest BCUT2D eigenvalue weighted by Gasteiger charge is 2.16. The van der Waals surface area contributed by atoms with E-state index in [1.54, 1.807) is 42.6 Å². The average molecular weight is 213 g/mol. The van der Waals surface area contributed by atoms with Crippen LogP contribution in [0.25, 0.3) is 0 Å². The first-order chi connectivity index (χ1) is 7.77. The molecule has 1 heterocycles. The average Bonchev–Trinajstić information content (AvgIpc) is 2.54. The Morgan fingerprint density at radius 1 is 1.12 bits per heavy atom. The van der Waals surface area contributed by atoms with E-state index in [1.807, 2.05) is 6.07 Å². The molecule has 0 bridgehead atoms. The minimum atomic E-state index is -0.158. The third-order valence-electron chi connectivity index (χ3n) is 2.27. The van der Waals surface area contributed by atoms with Crippen molar-refractivity contribution < 1.29 is 9.59 Å². The molecule has 1 amide bonds. The molecule has 3 heteroatoms. The Labute approximate surface area is 93.7 Å². The molecule has 80 valence electrons. The van der Waals surface area contributed by atoms with Crippen molar-refractivity contribution >= 4 is 11.7 Å². The normalized spacial score (nSPS) is 15.0. The van der Waals surface area contributed by atoms with Crippen LogP contribution in [-0.2, 0) is 4.79 Å². The Hall–Kier alpha value is -2.16. The third kappa shape index (κ3) is 2.25. The van der Waals surface area contributed by atoms with Crippen molar-refractivity contribution in [2.75, 3.05) is 6.54 Å². The van der Waals surface area contributed by atoms with Crippen LogP contribution >= 0.6 is 0 Å². The lowest BCUT2D eigenvalue weighted by atomic mass is 10.2. The maximum absolute atomic E-state index is 12.0. The van der Waals surface area contributed by atoms with Gasteiger partial charge in [0.1, 0.15) is 0 Å². The van der Waals surface area contributed by atoms with Crippen molar-refractivity contribution in [3.63, 3.8) is 0 Å². The summed E-state index contributed by atoms with van der Waals surface area (Å²) < 4.78 is 0. The van der Waals surface area contributed by atoms with E-state index in [1.165, 1.54) is 11.0 Å². The zero-order valence-corrected chi connectivity index (χ0v) is 8.67. The summed E-state index contributed by atoms with van der Waals surface area (Å²) in [5.41, 5.74) is 0.585. The fraction of sp³-hybridized carbons (Fsp3) is 0.0769. The van der Waals surface area contributed by atoms with E-state index in [4.69, 9.17) is 0 Å². The van der Waals surface area contributed by atoms with Gasteiger partial charge in [-0.1, -0.05) is 24.3 Å². The van der Waals surface area contributed by atoms with Gasteiger partial charge in [0, 0.05) is 11.8 Å². The second-order valence-corrected chi connectivity index (χ2v) is 3.47. The van der Waals surface area contributed by atoms with Gasteiger partial charge in [-0.15, -0.1) is 0 Å². The molecule has 1 aliphatic rings. The molecule has 3 nitrogen and oxygen atoms in total. The molecule has 1 aromatic rings. The summed E-state index contributed by atoms with van der Waals surface area (Å²) in [6.07, 6.45) is 6.41. The van der Waals surface area contributed by atoms with Crippen LogP contribution < -0.4 is 0 Å². The predicted molar refractivity (Wildman–Crippen MR) is 60.8 cm³/mol. The summed E-state index contributed by atoms with van der Waals surface area (Å²) in [5, 5.41) is 0. The predicted octanol–water partition coefficient (Wildman–Crippen LogP) is 1.78. The highest BCUT2D eigenvalue weighted by atomic mass is 16.2. The fourth-order valence-electron chi connectivity index (χ4n) is 1.48. The third-order valence-corrected chi connectivity index (χ3v) is 2.27. The second kappa shape index (κ2) is 4.57. The lowest BCUT2D eigenvalue weighted by molar-refractivity contribution is -0.114. The van der Waals surface area contributed by atoms with E-state index in [0.717, 1.165) is 0 Å². The molecule has 0 saturated heterocycles. The van der Waals surface area contributed by atoms with Crippen LogP contribution in [0.5, 0.6) is 0 Å². The molecular formula is C13H11NO2. The number of hydrogen-bond donors (Lipinski definition) is 0. The van der Waals surface area contributed by atoms with Gasteiger partial charge in [-0.05, 0) is 24.3 Å². The number of hydrogen-bond acceptors (Lipinski definition) is 2. The van der Waals surface area contributed by atoms with Gasteiger partial charge in [-0.3, -0.25) is 9.59 Å². The molecule has 0 radical (unpaired) electrons. The van der Waals surface area contributed by atoms with Gasteiger partial charge in [0.2, 0.25) is 0 Å². The van der Waals surface area contributed by atoms with Crippen molar-refractivity contribution in [1.29, 1.82) is 0 Å². The van der Waals surface area contributed by atoms with Crippen molar-refractivity contribution in [2.45, 2.75) is 0 Å². The molecule has 0 unspecified atom stereocenters. The number of carbonyl (C=O) groups is 2. The van der Waals surface area contributed by atoms with E-state index in [9.17, 15) is 9.59 Å². The SMILES string of the molecule is O=C1C=CC=CN(C(=O)c2ccccc2)C1. The van der Waals surface area contributed by atoms with Crippen LogP contribution in [0.2, 0.25) is 0 Å². The molecular weight excluding hydrogens is 202 g/mol. The van der Waals surface area contributed by atoms with Gasteiger partial charge in [-0.2, -0.15) is 0 Å². The number of rotatable bonds is 1. The highest BCUT2D eigenvalue weighted by Crippen LogP contribution is 2.07. The molecule has 0 spiro atoms. The van der Waals surface area contributed by atoms with E-state index in [-0.39, 0.29) is 18.2 Å². The minimum absolute atomic E-state index is 0.0747. The molecule has 16 heavy (non-hydrogen) atoms. The molecule has 0 N–H and O–H groups in total. The molecule has 0 saturated carbocycles. The van der Waals surface area contributed by atoms with Gasteiger partial charge in [0.25, 0.3) is 5.91 Å².